The van der Waals surface area contributed by atoms with Gasteiger partial charge in [0.1, 0.15) is 17.7 Å². The summed E-state index contributed by atoms with van der Waals surface area (Å²) in [6.07, 6.45) is 54.3. The Labute approximate surface area is 272 Å². The molecule has 0 spiro atoms. The minimum absolute atomic E-state index is 0.0266. The predicted octanol–water partition coefficient (Wildman–Crippen LogP) is 10.1. The van der Waals surface area contributed by atoms with Gasteiger partial charge in [-0.1, -0.05) is 115 Å². The van der Waals surface area contributed by atoms with Crippen molar-refractivity contribution >= 4 is 17.9 Å². The Hall–Kier alpha value is -4.63. The van der Waals surface area contributed by atoms with Gasteiger partial charge in [-0.2, -0.15) is 0 Å². The topological polar surface area (TPSA) is 37.5 Å². The lowest BCUT2D eigenvalue weighted by atomic mass is 9.71. The molecule has 0 amide bonds. The van der Waals surface area contributed by atoms with Crippen LogP contribution in [0.4, 0.5) is 0 Å². The number of aliphatic imine (C=N–C) groups is 1. The zero-order valence-corrected chi connectivity index (χ0v) is 26.2. The van der Waals surface area contributed by atoms with Gasteiger partial charge in [-0.25, -0.2) is 0 Å². The number of fused-ring (bicyclic) bond motifs is 5. The first-order chi connectivity index (χ1) is 22.8. The molecule has 0 aromatic carbocycles. The van der Waals surface area contributed by atoms with E-state index in [1.807, 2.05) is 0 Å². The summed E-state index contributed by atoms with van der Waals surface area (Å²) in [6.45, 7) is 0. The molecule has 7 aliphatic carbocycles. The van der Waals surface area contributed by atoms with Gasteiger partial charge < -0.3 is 9.73 Å². The van der Waals surface area contributed by atoms with Crippen LogP contribution >= 0.6 is 0 Å². The Bertz CT molecular complexity index is 1900. The molecule has 46 heavy (non-hydrogen) atoms. The smallest absolute Gasteiger partial charge is 0.141 e. The predicted molar refractivity (Wildman–Crippen MR) is 190 cm³/mol. The number of furan rings is 1. The summed E-state index contributed by atoms with van der Waals surface area (Å²) in [5.41, 5.74) is 10.4. The zero-order valence-electron chi connectivity index (χ0n) is 26.2. The van der Waals surface area contributed by atoms with Gasteiger partial charge in [-0.05, 0) is 78.9 Å². The highest BCUT2D eigenvalue weighted by Crippen LogP contribution is 2.51. The first-order valence-electron chi connectivity index (χ1n) is 17.2. The highest BCUT2D eigenvalue weighted by atomic mass is 16.3. The van der Waals surface area contributed by atoms with Gasteiger partial charge in [0, 0.05) is 40.5 Å². The molecule has 2 heterocycles. The summed E-state index contributed by atoms with van der Waals surface area (Å²) in [4.78, 5) is 5.30. The molecule has 0 fully saturated rings. The van der Waals surface area contributed by atoms with E-state index in [0.29, 0.717) is 23.7 Å². The summed E-state index contributed by atoms with van der Waals surface area (Å²) >= 11 is 0. The van der Waals surface area contributed by atoms with Gasteiger partial charge in [0.2, 0.25) is 0 Å². The van der Waals surface area contributed by atoms with E-state index in [0.717, 1.165) is 50.0 Å². The minimum atomic E-state index is -0.0266. The van der Waals surface area contributed by atoms with E-state index in [-0.39, 0.29) is 12.1 Å². The normalized spacial score (nSPS) is 31.7. The van der Waals surface area contributed by atoms with E-state index < -0.39 is 0 Å². The van der Waals surface area contributed by atoms with Crippen molar-refractivity contribution in [3.63, 3.8) is 0 Å². The van der Waals surface area contributed by atoms with Crippen LogP contribution < -0.4 is 5.32 Å². The fourth-order valence-electron chi connectivity index (χ4n) is 8.44. The van der Waals surface area contributed by atoms with Crippen LogP contribution in [0, 0.1) is 17.8 Å². The van der Waals surface area contributed by atoms with Crippen LogP contribution in [0.5, 0.6) is 0 Å². The lowest BCUT2D eigenvalue weighted by molar-refractivity contribution is 0.366. The van der Waals surface area contributed by atoms with Crippen LogP contribution in [0.2, 0.25) is 0 Å². The van der Waals surface area contributed by atoms with Gasteiger partial charge in [-0.15, -0.1) is 0 Å². The third-order valence-corrected chi connectivity index (χ3v) is 10.8. The van der Waals surface area contributed by atoms with Crippen molar-refractivity contribution in [3.8, 4) is 0 Å². The minimum Gasteiger partial charge on any atom is -0.464 e. The standard InChI is InChI=1S/C43H40N2O/c1-3-13-28(14-4-1)37-26-38-36-24-12-23-33(41(36)46-42(38)35-22-10-9-21-34(35)37)31-19-11-20-32(25-31)40-27-39(29-15-5-2-6-16-29)44-43(45-40)30-17-7-8-18-30/h1-3,5-13,15,17,20-22,24-27,29,31,33-35,43-44H,4,14,16,18-19,23H2. The number of nitrogens with zero attached hydrogens (tertiary/aromatic N) is 1. The van der Waals surface area contributed by atoms with Crippen molar-refractivity contribution in [3.05, 3.63) is 166 Å². The average molecular weight is 601 g/mol. The van der Waals surface area contributed by atoms with Crippen molar-refractivity contribution in [2.75, 3.05) is 0 Å². The van der Waals surface area contributed by atoms with Crippen LogP contribution in [-0.2, 0) is 0 Å². The number of allylic oxidation sites excluding steroid dienone is 22. The summed E-state index contributed by atoms with van der Waals surface area (Å²) in [5.74, 6) is 3.89. The van der Waals surface area contributed by atoms with Gasteiger partial charge in [0.25, 0.3) is 0 Å². The lowest BCUT2D eigenvalue weighted by Gasteiger charge is -2.31. The quantitative estimate of drug-likeness (QED) is 0.365. The van der Waals surface area contributed by atoms with Crippen molar-refractivity contribution < 1.29 is 4.42 Å². The fraction of sp³-hybridized carbons (Fsp3) is 0.279. The maximum atomic E-state index is 7.01. The summed E-state index contributed by atoms with van der Waals surface area (Å²) < 4.78 is 7.01. The Balaban J connectivity index is 1.07. The molecule has 3 heteroatoms. The van der Waals surface area contributed by atoms with Crippen molar-refractivity contribution in [2.24, 2.45) is 22.7 Å². The van der Waals surface area contributed by atoms with E-state index in [9.17, 15) is 0 Å². The molecule has 1 aliphatic heterocycles. The highest BCUT2D eigenvalue weighted by molar-refractivity contribution is 6.11. The third kappa shape index (κ3) is 4.85. The lowest BCUT2D eigenvalue weighted by Crippen LogP contribution is -2.36. The van der Waals surface area contributed by atoms with E-state index >= 15 is 0 Å². The molecule has 3 nitrogen and oxygen atoms in total. The van der Waals surface area contributed by atoms with E-state index in [1.165, 1.54) is 44.9 Å². The molecule has 1 N–H and O–H groups in total. The molecule has 1 aromatic rings. The van der Waals surface area contributed by atoms with Gasteiger partial charge >= 0.3 is 0 Å². The van der Waals surface area contributed by atoms with E-state index in [1.54, 1.807) is 0 Å². The third-order valence-electron chi connectivity index (χ3n) is 10.8. The molecule has 0 saturated heterocycles. The number of nitrogens with one attached hydrogen (secondary N) is 1. The van der Waals surface area contributed by atoms with Crippen LogP contribution in [0.15, 0.2) is 153 Å². The molecule has 9 rings (SSSR count). The Morgan fingerprint density at radius 1 is 0.739 bits per heavy atom. The largest absolute Gasteiger partial charge is 0.464 e. The monoisotopic (exact) mass is 600 g/mol. The van der Waals surface area contributed by atoms with Crippen molar-refractivity contribution in [1.82, 2.24) is 5.32 Å². The second-order valence-electron chi connectivity index (χ2n) is 13.6. The van der Waals surface area contributed by atoms with E-state index in [4.69, 9.17) is 9.41 Å². The fourth-order valence-corrected chi connectivity index (χ4v) is 8.44. The maximum absolute atomic E-state index is 7.01. The number of rotatable bonds is 5. The molecule has 6 atom stereocenters. The van der Waals surface area contributed by atoms with Crippen LogP contribution in [0.25, 0.3) is 12.2 Å². The van der Waals surface area contributed by atoms with Crippen LogP contribution in [0.1, 0.15) is 73.0 Å². The highest BCUT2D eigenvalue weighted by Gasteiger charge is 2.39. The summed E-state index contributed by atoms with van der Waals surface area (Å²) in [6, 6.07) is 0. The summed E-state index contributed by atoms with van der Waals surface area (Å²) in [5, 5.41) is 3.78. The van der Waals surface area contributed by atoms with Crippen LogP contribution in [-0.4, -0.2) is 11.9 Å². The zero-order chi connectivity index (χ0) is 30.5. The summed E-state index contributed by atoms with van der Waals surface area (Å²) in [7, 11) is 0. The molecule has 0 radical (unpaired) electrons. The van der Waals surface area contributed by atoms with Crippen LogP contribution in [0.3, 0.4) is 0 Å². The Morgan fingerprint density at radius 2 is 1.63 bits per heavy atom. The first kappa shape index (κ1) is 27.7. The molecule has 0 bridgehead atoms. The SMILES string of the molecule is C1=CCCC(C2=Cc3c(oc4c3C=CCC4C3C=C(C4=NC(C5=CC=CC5)NC(C5C=CC=CC5)=C4)C=CC3)C3C=CC=CC23)=C1. The second-order valence-corrected chi connectivity index (χ2v) is 13.6. The van der Waals surface area contributed by atoms with Crippen molar-refractivity contribution in [1.29, 1.82) is 0 Å². The molecule has 1 aromatic heterocycles. The van der Waals surface area contributed by atoms with E-state index in [2.05, 4.69) is 133 Å². The maximum Gasteiger partial charge on any atom is 0.141 e. The molecule has 228 valence electrons. The number of hydrogen-bond acceptors (Lipinski definition) is 3. The van der Waals surface area contributed by atoms with Gasteiger partial charge in [-0.3, -0.25) is 4.99 Å². The van der Waals surface area contributed by atoms with Gasteiger partial charge in [0.05, 0.1) is 5.71 Å². The Kier molecular flexibility index (Phi) is 6.99. The Morgan fingerprint density at radius 3 is 2.48 bits per heavy atom. The second kappa shape index (κ2) is 11.6. The average Bonchev–Trinajstić information content (AvgIpc) is 3.81. The molecule has 0 saturated carbocycles. The number of hydrogen-bond donors (Lipinski definition) is 1. The molecule has 6 unspecified atom stereocenters. The molecule has 8 aliphatic rings. The first-order valence-corrected chi connectivity index (χ1v) is 17.2. The van der Waals surface area contributed by atoms with Gasteiger partial charge in [0.15, 0.2) is 0 Å². The molecular weight excluding hydrogens is 560 g/mol. The molecular formula is C43H40N2O. The van der Waals surface area contributed by atoms with Crippen molar-refractivity contribution in [2.45, 2.75) is 56.5 Å².